The molecule has 1 aliphatic rings. The molecule has 0 saturated heterocycles. The van der Waals surface area contributed by atoms with Crippen LogP contribution in [0.5, 0.6) is 5.75 Å². The van der Waals surface area contributed by atoms with Gasteiger partial charge in [-0.1, -0.05) is 31.2 Å². The Bertz CT molecular complexity index is 956. The fraction of sp³-hybridized carbons (Fsp3) is 0.304. The molecule has 0 spiro atoms. The third kappa shape index (κ3) is 4.62. The molecule has 1 N–H and O–H groups in total. The summed E-state index contributed by atoms with van der Waals surface area (Å²) in [6, 6.07) is 12.1. The van der Waals surface area contributed by atoms with Crippen LogP contribution < -0.4 is 10.1 Å². The van der Waals surface area contributed by atoms with Gasteiger partial charge >= 0.3 is 12.0 Å². The highest BCUT2D eigenvalue weighted by molar-refractivity contribution is 5.95. The van der Waals surface area contributed by atoms with Crippen molar-refractivity contribution in [2.75, 3.05) is 20.3 Å². The number of ether oxygens (including phenoxy) is 2. The molecule has 1 aliphatic heterocycles. The lowest BCUT2D eigenvalue weighted by Gasteiger charge is -2.34. The molecule has 0 radical (unpaired) electrons. The summed E-state index contributed by atoms with van der Waals surface area (Å²) in [5, 5.41) is 2.79. The second kappa shape index (κ2) is 9.43. The van der Waals surface area contributed by atoms with E-state index in [1.54, 1.807) is 14.0 Å². The first-order valence-corrected chi connectivity index (χ1v) is 9.86. The summed E-state index contributed by atoms with van der Waals surface area (Å²) in [7, 11) is 1.57. The molecule has 6 nitrogen and oxygen atoms in total. The lowest BCUT2D eigenvalue weighted by atomic mass is 9.94. The Balaban J connectivity index is 2.01. The van der Waals surface area contributed by atoms with Gasteiger partial charge < -0.3 is 14.8 Å². The van der Waals surface area contributed by atoms with Crippen molar-refractivity contribution in [3.8, 4) is 5.75 Å². The van der Waals surface area contributed by atoms with Crippen LogP contribution in [0.2, 0.25) is 0 Å². The number of urea groups is 1. The van der Waals surface area contributed by atoms with Crippen molar-refractivity contribution >= 4 is 12.0 Å². The SMILES string of the molecule is CCOC(=O)C1=C(COc2cccc(CC)c2)N(C)C(=O)N[C@@H]1c1ccc(F)cc1. The second-order valence-electron chi connectivity index (χ2n) is 6.86. The van der Waals surface area contributed by atoms with Gasteiger partial charge in [-0.05, 0) is 48.7 Å². The van der Waals surface area contributed by atoms with Gasteiger partial charge in [-0.25, -0.2) is 14.0 Å². The van der Waals surface area contributed by atoms with Gasteiger partial charge in [0, 0.05) is 7.05 Å². The summed E-state index contributed by atoms with van der Waals surface area (Å²) < 4.78 is 24.6. The number of esters is 1. The first-order chi connectivity index (χ1) is 14.4. The van der Waals surface area contributed by atoms with Crippen LogP contribution in [-0.4, -0.2) is 37.2 Å². The van der Waals surface area contributed by atoms with Crippen molar-refractivity contribution in [2.24, 2.45) is 0 Å². The van der Waals surface area contributed by atoms with E-state index in [-0.39, 0.29) is 18.8 Å². The quantitative estimate of drug-likeness (QED) is 0.699. The molecule has 30 heavy (non-hydrogen) atoms. The smallest absolute Gasteiger partial charge is 0.338 e. The third-order valence-corrected chi connectivity index (χ3v) is 4.96. The number of benzene rings is 2. The summed E-state index contributed by atoms with van der Waals surface area (Å²) in [6.07, 6.45) is 0.864. The van der Waals surface area contributed by atoms with Gasteiger partial charge in [0.05, 0.1) is 23.9 Å². The summed E-state index contributed by atoms with van der Waals surface area (Å²) in [6.45, 7) is 3.95. The van der Waals surface area contributed by atoms with Gasteiger partial charge in [0.1, 0.15) is 18.2 Å². The second-order valence-corrected chi connectivity index (χ2v) is 6.86. The summed E-state index contributed by atoms with van der Waals surface area (Å²) in [5.74, 6) is -0.318. The molecule has 0 unspecified atom stereocenters. The lowest BCUT2D eigenvalue weighted by Crippen LogP contribution is -2.48. The maximum atomic E-state index is 13.4. The number of amides is 2. The summed E-state index contributed by atoms with van der Waals surface area (Å²) in [5.41, 5.74) is 2.35. The minimum Gasteiger partial charge on any atom is -0.487 e. The highest BCUT2D eigenvalue weighted by Gasteiger charge is 2.37. The van der Waals surface area contributed by atoms with Gasteiger partial charge in [0.2, 0.25) is 0 Å². The van der Waals surface area contributed by atoms with Crippen LogP contribution in [0.1, 0.15) is 31.0 Å². The molecule has 158 valence electrons. The molecule has 0 aromatic heterocycles. The van der Waals surface area contributed by atoms with E-state index in [4.69, 9.17) is 9.47 Å². The monoisotopic (exact) mass is 412 g/mol. The van der Waals surface area contributed by atoms with Gasteiger partial charge in [-0.2, -0.15) is 0 Å². The topological polar surface area (TPSA) is 67.9 Å². The number of carbonyl (C=O) groups is 2. The Kier molecular flexibility index (Phi) is 6.72. The first kappa shape index (κ1) is 21.4. The zero-order valence-corrected chi connectivity index (χ0v) is 17.3. The van der Waals surface area contributed by atoms with Gasteiger partial charge in [-0.3, -0.25) is 4.90 Å². The van der Waals surface area contributed by atoms with Crippen LogP contribution in [-0.2, 0) is 16.0 Å². The zero-order valence-electron chi connectivity index (χ0n) is 17.3. The van der Waals surface area contributed by atoms with E-state index >= 15 is 0 Å². The minimum atomic E-state index is -0.770. The number of hydrogen-bond donors (Lipinski definition) is 1. The highest BCUT2D eigenvalue weighted by atomic mass is 19.1. The maximum absolute atomic E-state index is 13.4. The number of hydrogen-bond acceptors (Lipinski definition) is 4. The number of halogens is 1. The van der Waals surface area contributed by atoms with Crippen molar-refractivity contribution in [2.45, 2.75) is 26.3 Å². The Labute approximate surface area is 175 Å². The van der Waals surface area contributed by atoms with Crippen molar-refractivity contribution in [1.82, 2.24) is 10.2 Å². The number of aryl methyl sites for hydroxylation is 1. The summed E-state index contributed by atoms with van der Waals surface area (Å²) in [4.78, 5) is 26.8. The summed E-state index contributed by atoms with van der Waals surface area (Å²) >= 11 is 0. The molecule has 0 aliphatic carbocycles. The predicted molar refractivity (Wildman–Crippen MR) is 110 cm³/mol. The zero-order chi connectivity index (χ0) is 21.7. The number of rotatable bonds is 7. The molecule has 7 heteroatoms. The van der Waals surface area contributed by atoms with Crippen molar-refractivity contribution < 1.29 is 23.5 Å². The predicted octanol–water partition coefficient (Wildman–Crippen LogP) is 3.98. The van der Waals surface area contributed by atoms with Crippen LogP contribution in [0.15, 0.2) is 59.8 Å². The van der Waals surface area contributed by atoms with Gasteiger partial charge in [0.25, 0.3) is 0 Å². The van der Waals surface area contributed by atoms with Crippen LogP contribution in [0.3, 0.4) is 0 Å². The molecule has 2 aromatic carbocycles. The fourth-order valence-electron chi connectivity index (χ4n) is 3.29. The van der Waals surface area contributed by atoms with Crippen LogP contribution >= 0.6 is 0 Å². The molecule has 0 fully saturated rings. The van der Waals surface area contributed by atoms with E-state index in [1.807, 2.05) is 31.2 Å². The average Bonchev–Trinajstić information content (AvgIpc) is 2.75. The largest absolute Gasteiger partial charge is 0.487 e. The van der Waals surface area contributed by atoms with E-state index in [9.17, 15) is 14.0 Å². The Morgan fingerprint density at radius 2 is 1.90 bits per heavy atom. The van der Waals surface area contributed by atoms with Crippen LogP contribution in [0, 0.1) is 5.82 Å². The van der Waals surface area contributed by atoms with E-state index in [0.29, 0.717) is 17.0 Å². The minimum absolute atomic E-state index is 0.00291. The number of carbonyl (C=O) groups excluding carboxylic acids is 2. The lowest BCUT2D eigenvalue weighted by molar-refractivity contribution is -0.139. The molecule has 2 aromatic rings. The average molecular weight is 412 g/mol. The molecule has 1 atom stereocenters. The molecular weight excluding hydrogens is 387 g/mol. The standard InChI is InChI=1S/C23H25FN2O4/c1-4-15-7-6-8-18(13-15)30-14-19-20(22(27)29-5-2)21(25-23(28)26(19)3)16-9-11-17(24)12-10-16/h6-13,21H,4-5,14H2,1-3H3,(H,25,28)/t21-/m1/s1. The normalized spacial score (nSPS) is 16.3. The third-order valence-electron chi connectivity index (χ3n) is 4.96. The molecule has 0 bridgehead atoms. The Morgan fingerprint density at radius 1 is 1.17 bits per heavy atom. The molecule has 0 saturated carbocycles. The van der Waals surface area contributed by atoms with E-state index in [2.05, 4.69) is 5.32 Å². The number of nitrogens with one attached hydrogen (secondary N) is 1. The molecular formula is C23H25FN2O4. The fourth-order valence-corrected chi connectivity index (χ4v) is 3.29. The Hall–Kier alpha value is -3.35. The molecule has 2 amide bonds. The van der Waals surface area contributed by atoms with Crippen molar-refractivity contribution in [1.29, 1.82) is 0 Å². The van der Waals surface area contributed by atoms with E-state index in [1.165, 1.54) is 29.2 Å². The van der Waals surface area contributed by atoms with Crippen LogP contribution in [0.25, 0.3) is 0 Å². The highest BCUT2D eigenvalue weighted by Crippen LogP contribution is 2.31. The first-order valence-electron chi connectivity index (χ1n) is 9.86. The van der Waals surface area contributed by atoms with Gasteiger partial charge in [0.15, 0.2) is 0 Å². The number of nitrogens with zero attached hydrogens (tertiary/aromatic N) is 1. The number of likely N-dealkylation sites (N-methyl/N-ethyl adjacent to an activating group) is 1. The van der Waals surface area contributed by atoms with Crippen LogP contribution in [0.4, 0.5) is 9.18 Å². The van der Waals surface area contributed by atoms with E-state index in [0.717, 1.165) is 12.0 Å². The maximum Gasteiger partial charge on any atom is 0.338 e. The van der Waals surface area contributed by atoms with Gasteiger partial charge in [-0.15, -0.1) is 0 Å². The van der Waals surface area contributed by atoms with Crippen molar-refractivity contribution in [3.63, 3.8) is 0 Å². The molecule has 3 rings (SSSR count). The van der Waals surface area contributed by atoms with E-state index < -0.39 is 23.9 Å². The van der Waals surface area contributed by atoms with Crippen molar-refractivity contribution in [3.05, 3.63) is 76.7 Å². The molecule has 1 heterocycles. The Morgan fingerprint density at radius 3 is 2.57 bits per heavy atom.